The van der Waals surface area contributed by atoms with Crippen LogP contribution in [0.3, 0.4) is 0 Å². The molecule has 1 unspecified atom stereocenters. The average Bonchev–Trinajstić information content (AvgIpc) is 2.93. The lowest BCUT2D eigenvalue weighted by molar-refractivity contribution is 0.270. The van der Waals surface area contributed by atoms with Crippen molar-refractivity contribution >= 4 is 23.1 Å². The molecule has 3 N–H and O–H groups in total. The van der Waals surface area contributed by atoms with E-state index in [9.17, 15) is 0 Å². The van der Waals surface area contributed by atoms with Gasteiger partial charge in [-0.15, -0.1) is 0 Å². The maximum Gasteiger partial charge on any atom is 0.172 e. The van der Waals surface area contributed by atoms with Crippen molar-refractivity contribution in [1.82, 2.24) is 4.90 Å². The third-order valence-corrected chi connectivity index (χ3v) is 4.38. The molecule has 116 valence electrons. The molecule has 1 heterocycles. The minimum atomic E-state index is 0.104. The number of likely N-dealkylation sites (N-methyl/N-ethyl adjacent to an activating group) is 2. The van der Waals surface area contributed by atoms with Gasteiger partial charge in [0.05, 0.1) is 0 Å². The molecule has 1 aromatic carbocycles. The summed E-state index contributed by atoms with van der Waals surface area (Å²) in [5.74, 6) is 0.104. The van der Waals surface area contributed by atoms with E-state index in [1.165, 1.54) is 12.8 Å². The number of oxime groups is 1. The molecule has 2 rings (SSSR count). The SMILES string of the molecule is CCN1CCCC1CN(C)c1cc(Cl)ccc1C(N)=NO. The van der Waals surface area contributed by atoms with Crippen molar-refractivity contribution < 1.29 is 5.21 Å². The summed E-state index contributed by atoms with van der Waals surface area (Å²) in [6, 6.07) is 5.94. The molecule has 1 fully saturated rings. The van der Waals surface area contributed by atoms with Gasteiger partial charge in [0, 0.05) is 35.9 Å². The van der Waals surface area contributed by atoms with Crippen LogP contribution in [0, 0.1) is 0 Å². The highest BCUT2D eigenvalue weighted by molar-refractivity contribution is 6.31. The van der Waals surface area contributed by atoms with Crippen molar-refractivity contribution in [2.45, 2.75) is 25.8 Å². The fourth-order valence-corrected chi connectivity index (χ4v) is 3.19. The number of nitrogens with zero attached hydrogens (tertiary/aromatic N) is 3. The molecule has 1 aromatic rings. The van der Waals surface area contributed by atoms with Gasteiger partial charge in [-0.3, -0.25) is 4.90 Å². The van der Waals surface area contributed by atoms with Gasteiger partial charge < -0.3 is 15.8 Å². The molecule has 1 atom stereocenters. The smallest absolute Gasteiger partial charge is 0.172 e. The molecular weight excluding hydrogens is 288 g/mol. The molecule has 5 nitrogen and oxygen atoms in total. The molecule has 1 aliphatic rings. The molecular formula is C15H23ClN4O. The van der Waals surface area contributed by atoms with Gasteiger partial charge >= 0.3 is 0 Å². The van der Waals surface area contributed by atoms with E-state index >= 15 is 0 Å². The summed E-state index contributed by atoms with van der Waals surface area (Å²) in [7, 11) is 2.02. The van der Waals surface area contributed by atoms with E-state index in [1.54, 1.807) is 12.1 Å². The largest absolute Gasteiger partial charge is 0.409 e. The molecule has 0 spiro atoms. The Morgan fingerprint density at radius 1 is 1.57 bits per heavy atom. The van der Waals surface area contributed by atoms with Crippen LogP contribution >= 0.6 is 11.6 Å². The van der Waals surface area contributed by atoms with Crippen molar-refractivity contribution in [3.63, 3.8) is 0 Å². The summed E-state index contributed by atoms with van der Waals surface area (Å²) in [5.41, 5.74) is 7.35. The van der Waals surface area contributed by atoms with Crippen LogP contribution in [0.4, 0.5) is 5.69 Å². The molecule has 0 aliphatic carbocycles. The Bertz CT molecular complexity index is 520. The standard InChI is InChI=1S/C15H23ClN4O/c1-3-20-8-4-5-12(20)10-19(2)14-9-11(16)6-7-13(14)15(17)18-21/h6-7,9,12,21H,3-5,8,10H2,1-2H3,(H2,17,18). The van der Waals surface area contributed by atoms with Crippen molar-refractivity contribution in [2.75, 3.05) is 31.6 Å². The molecule has 6 heteroatoms. The molecule has 0 amide bonds. The van der Waals surface area contributed by atoms with Gasteiger partial charge in [-0.2, -0.15) is 0 Å². The molecule has 0 radical (unpaired) electrons. The van der Waals surface area contributed by atoms with E-state index in [2.05, 4.69) is 21.9 Å². The van der Waals surface area contributed by atoms with E-state index in [1.807, 2.05) is 13.1 Å². The fraction of sp³-hybridized carbons (Fsp3) is 0.533. The van der Waals surface area contributed by atoms with Gasteiger partial charge in [-0.25, -0.2) is 0 Å². The van der Waals surface area contributed by atoms with Crippen LogP contribution in [0.2, 0.25) is 5.02 Å². The Labute approximate surface area is 131 Å². The lowest BCUT2D eigenvalue weighted by Gasteiger charge is -2.30. The normalized spacial score (nSPS) is 20.0. The third-order valence-electron chi connectivity index (χ3n) is 4.14. The summed E-state index contributed by atoms with van der Waals surface area (Å²) in [6.45, 7) is 5.33. The minimum Gasteiger partial charge on any atom is -0.409 e. The third kappa shape index (κ3) is 3.60. The van der Waals surface area contributed by atoms with Gasteiger partial charge in [-0.05, 0) is 44.1 Å². The van der Waals surface area contributed by atoms with Crippen molar-refractivity contribution in [1.29, 1.82) is 0 Å². The minimum absolute atomic E-state index is 0.104. The van der Waals surface area contributed by atoms with Crippen LogP contribution in [0.15, 0.2) is 23.4 Å². The molecule has 0 aromatic heterocycles. The first kappa shape index (κ1) is 15.9. The van der Waals surface area contributed by atoms with E-state index in [-0.39, 0.29) is 5.84 Å². The number of benzene rings is 1. The van der Waals surface area contributed by atoms with Crippen LogP contribution in [0.1, 0.15) is 25.3 Å². The Morgan fingerprint density at radius 2 is 2.33 bits per heavy atom. The predicted octanol–water partition coefficient (Wildman–Crippen LogP) is 2.35. The molecule has 0 bridgehead atoms. The van der Waals surface area contributed by atoms with Crippen LogP contribution in [-0.4, -0.2) is 48.7 Å². The van der Waals surface area contributed by atoms with Crippen LogP contribution in [-0.2, 0) is 0 Å². The Morgan fingerprint density at radius 3 is 3.00 bits per heavy atom. The van der Waals surface area contributed by atoms with Crippen LogP contribution in [0.5, 0.6) is 0 Å². The second-order valence-corrected chi connectivity index (χ2v) is 5.89. The summed E-state index contributed by atoms with van der Waals surface area (Å²) in [5, 5.41) is 12.7. The number of anilines is 1. The number of hydrogen-bond acceptors (Lipinski definition) is 4. The molecule has 0 saturated carbocycles. The zero-order valence-corrected chi connectivity index (χ0v) is 13.3. The Balaban J connectivity index is 2.22. The Hall–Kier alpha value is -1.46. The number of likely N-dealkylation sites (tertiary alicyclic amines) is 1. The second-order valence-electron chi connectivity index (χ2n) is 5.45. The first-order chi connectivity index (χ1) is 10.1. The highest BCUT2D eigenvalue weighted by Gasteiger charge is 2.25. The zero-order valence-electron chi connectivity index (χ0n) is 12.6. The number of hydrogen-bond donors (Lipinski definition) is 2. The van der Waals surface area contributed by atoms with E-state index < -0.39 is 0 Å². The predicted molar refractivity (Wildman–Crippen MR) is 87.5 cm³/mol. The first-order valence-electron chi connectivity index (χ1n) is 7.29. The van der Waals surface area contributed by atoms with E-state index in [0.717, 1.165) is 25.3 Å². The van der Waals surface area contributed by atoms with E-state index in [0.29, 0.717) is 16.6 Å². The summed E-state index contributed by atoms with van der Waals surface area (Å²) >= 11 is 6.10. The maximum atomic E-state index is 8.93. The zero-order chi connectivity index (χ0) is 15.4. The first-order valence-corrected chi connectivity index (χ1v) is 7.67. The van der Waals surface area contributed by atoms with Gasteiger partial charge in [-0.1, -0.05) is 23.7 Å². The van der Waals surface area contributed by atoms with Crippen LogP contribution in [0.25, 0.3) is 0 Å². The van der Waals surface area contributed by atoms with Crippen molar-refractivity contribution in [2.24, 2.45) is 10.9 Å². The fourth-order valence-electron chi connectivity index (χ4n) is 3.02. The number of amidine groups is 1. The topological polar surface area (TPSA) is 65.1 Å². The second kappa shape index (κ2) is 7.00. The maximum absolute atomic E-state index is 8.93. The summed E-state index contributed by atoms with van der Waals surface area (Å²) in [4.78, 5) is 4.63. The summed E-state index contributed by atoms with van der Waals surface area (Å²) in [6.07, 6.45) is 2.45. The molecule has 1 aliphatic heterocycles. The number of rotatable bonds is 5. The van der Waals surface area contributed by atoms with Gasteiger partial charge in [0.15, 0.2) is 5.84 Å². The quantitative estimate of drug-likeness (QED) is 0.379. The van der Waals surface area contributed by atoms with E-state index in [4.69, 9.17) is 22.5 Å². The van der Waals surface area contributed by atoms with Gasteiger partial charge in [0.25, 0.3) is 0 Å². The molecule has 21 heavy (non-hydrogen) atoms. The Kier molecular flexibility index (Phi) is 5.31. The summed E-state index contributed by atoms with van der Waals surface area (Å²) < 4.78 is 0. The number of nitrogens with two attached hydrogens (primary N) is 1. The highest BCUT2D eigenvalue weighted by atomic mass is 35.5. The monoisotopic (exact) mass is 310 g/mol. The molecule has 1 saturated heterocycles. The lowest BCUT2D eigenvalue weighted by Crippen LogP contribution is -2.39. The van der Waals surface area contributed by atoms with Crippen molar-refractivity contribution in [3.8, 4) is 0 Å². The average molecular weight is 311 g/mol. The lowest BCUT2D eigenvalue weighted by atomic mass is 10.1. The van der Waals surface area contributed by atoms with Gasteiger partial charge in [0.2, 0.25) is 0 Å². The number of halogens is 1. The van der Waals surface area contributed by atoms with Crippen LogP contribution < -0.4 is 10.6 Å². The van der Waals surface area contributed by atoms with Gasteiger partial charge in [0.1, 0.15) is 0 Å². The highest BCUT2D eigenvalue weighted by Crippen LogP contribution is 2.26. The van der Waals surface area contributed by atoms with Crippen molar-refractivity contribution in [3.05, 3.63) is 28.8 Å².